The predicted octanol–water partition coefficient (Wildman–Crippen LogP) is 0.671. The molecule has 2 heterocycles. The summed E-state index contributed by atoms with van der Waals surface area (Å²) < 4.78 is 5.47. The Kier molecular flexibility index (Phi) is 8.12. The maximum atomic E-state index is 9.12. The molecule has 0 spiro atoms. The number of guanidine groups is 1. The Morgan fingerprint density at radius 1 is 1.35 bits per heavy atom. The number of aliphatic hydroxyl groups excluding tert-OH is 1. The highest BCUT2D eigenvalue weighted by molar-refractivity contribution is 5.80. The van der Waals surface area contributed by atoms with E-state index < -0.39 is 0 Å². The van der Waals surface area contributed by atoms with Gasteiger partial charge in [-0.25, -0.2) is 0 Å². The zero-order valence-electron chi connectivity index (χ0n) is 14.8. The van der Waals surface area contributed by atoms with Crippen molar-refractivity contribution in [3.63, 3.8) is 0 Å². The lowest BCUT2D eigenvalue weighted by atomic mass is 10.0. The number of rotatable bonds is 7. The van der Waals surface area contributed by atoms with Gasteiger partial charge >= 0.3 is 0 Å². The van der Waals surface area contributed by atoms with E-state index in [0.29, 0.717) is 12.6 Å². The zero-order chi connectivity index (χ0) is 16.5. The number of likely N-dealkylation sites (tertiary alicyclic amines) is 1. The molecule has 2 unspecified atom stereocenters. The highest BCUT2D eigenvalue weighted by atomic mass is 16.5. The molecule has 2 rings (SSSR count). The molecule has 6 heteroatoms. The summed E-state index contributed by atoms with van der Waals surface area (Å²) in [5.74, 6) is 1.83. The van der Waals surface area contributed by atoms with E-state index in [1.807, 2.05) is 6.92 Å². The lowest BCUT2D eigenvalue weighted by Gasteiger charge is -2.34. The van der Waals surface area contributed by atoms with Crippen LogP contribution in [0, 0.1) is 11.8 Å². The van der Waals surface area contributed by atoms with Gasteiger partial charge in [-0.1, -0.05) is 6.92 Å². The Bertz CT molecular complexity index is 351. The fourth-order valence-corrected chi connectivity index (χ4v) is 3.17. The quantitative estimate of drug-likeness (QED) is 0.474. The predicted molar refractivity (Wildman–Crippen MR) is 93.8 cm³/mol. The first-order valence-electron chi connectivity index (χ1n) is 9.17. The average molecular weight is 326 g/mol. The van der Waals surface area contributed by atoms with Gasteiger partial charge in [0.25, 0.3) is 0 Å². The van der Waals surface area contributed by atoms with E-state index in [2.05, 4.69) is 27.4 Å². The van der Waals surface area contributed by atoms with Crippen LogP contribution in [-0.4, -0.2) is 74.6 Å². The van der Waals surface area contributed by atoms with Crippen LogP contribution in [0.3, 0.4) is 0 Å². The Hall–Kier alpha value is -0.850. The van der Waals surface area contributed by atoms with Gasteiger partial charge in [-0.3, -0.25) is 4.99 Å². The molecule has 2 saturated heterocycles. The van der Waals surface area contributed by atoms with Crippen molar-refractivity contribution in [2.24, 2.45) is 16.8 Å². The number of ether oxygens (including phenoxy) is 1. The van der Waals surface area contributed by atoms with Crippen molar-refractivity contribution in [1.29, 1.82) is 0 Å². The van der Waals surface area contributed by atoms with Gasteiger partial charge in [-0.2, -0.15) is 0 Å². The summed E-state index contributed by atoms with van der Waals surface area (Å²) in [5, 5.41) is 16.0. The molecule has 3 N–H and O–H groups in total. The van der Waals surface area contributed by atoms with E-state index in [4.69, 9.17) is 9.84 Å². The number of aliphatic imine (C=N–C) groups is 1. The molecule has 0 bridgehead atoms. The fraction of sp³-hybridized carbons (Fsp3) is 0.941. The molecular formula is C17H34N4O2. The van der Waals surface area contributed by atoms with Gasteiger partial charge in [0.05, 0.1) is 6.61 Å². The first kappa shape index (κ1) is 18.5. The molecule has 0 amide bonds. The lowest BCUT2D eigenvalue weighted by molar-refractivity contribution is 0.150. The van der Waals surface area contributed by atoms with Crippen LogP contribution >= 0.6 is 0 Å². The third-order valence-electron chi connectivity index (χ3n) is 4.69. The monoisotopic (exact) mass is 326 g/mol. The first-order valence-corrected chi connectivity index (χ1v) is 9.17. The summed E-state index contributed by atoms with van der Waals surface area (Å²) in [5.41, 5.74) is 0. The lowest BCUT2D eigenvalue weighted by Crippen LogP contribution is -2.49. The molecule has 0 aromatic carbocycles. The van der Waals surface area contributed by atoms with Crippen molar-refractivity contribution in [3.05, 3.63) is 0 Å². The van der Waals surface area contributed by atoms with Gasteiger partial charge in [-0.15, -0.1) is 0 Å². The minimum Gasteiger partial charge on any atom is -0.396 e. The van der Waals surface area contributed by atoms with E-state index in [9.17, 15) is 0 Å². The van der Waals surface area contributed by atoms with Crippen molar-refractivity contribution < 1.29 is 9.84 Å². The zero-order valence-corrected chi connectivity index (χ0v) is 14.8. The second-order valence-electron chi connectivity index (χ2n) is 6.96. The van der Waals surface area contributed by atoms with Crippen LogP contribution in [0.25, 0.3) is 0 Å². The molecule has 0 aromatic heterocycles. The molecule has 6 nitrogen and oxygen atoms in total. The molecule has 0 aliphatic carbocycles. The van der Waals surface area contributed by atoms with Crippen molar-refractivity contribution >= 4 is 5.96 Å². The second-order valence-corrected chi connectivity index (χ2v) is 6.96. The molecule has 0 radical (unpaired) electrons. The van der Waals surface area contributed by atoms with E-state index in [-0.39, 0.29) is 12.5 Å². The maximum Gasteiger partial charge on any atom is 0.191 e. The van der Waals surface area contributed by atoms with Crippen LogP contribution in [-0.2, 0) is 4.74 Å². The van der Waals surface area contributed by atoms with Crippen LogP contribution in [0.4, 0.5) is 0 Å². The van der Waals surface area contributed by atoms with Crippen LogP contribution < -0.4 is 10.6 Å². The van der Waals surface area contributed by atoms with Gasteiger partial charge in [-0.05, 0) is 38.0 Å². The van der Waals surface area contributed by atoms with Crippen LogP contribution in [0.5, 0.6) is 0 Å². The van der Waals surface area contributed by atoms with Crippen LogP contribution in [0.2, 0.25) is 0 Å². The summed E-state index contributed by atoms with van der Waals surface area (Å²) in [6, 6.07) is 0.494. The van der Waals surface area contributed by atoms with Gasteiger partial charge in [0.2, 0.25) is 0 Å². The topological polar surface area (TPSA) is 69.1 Å². The van der Waals surface area contributed by atoms with Crippen molar-refractivity contribution in [3.8, 4) is 0 Å². The molecule has 2 fully saturated rings. The van der Waals surface area contributed by atoms with Crippen LogP contribution in [0.1, 0.15) is 33.1 Å². The maximum absolute atomic E-state index is 9.12. The largest absolute Gasteiger partial charge is 0.396 e. The number of hydrogen-bond acceptors (Lipinski definition) is 4. The minimum absolute atomic E-state index is 0.187. The smallest absolute Gasteiger partial charge is 0.191 e. The summed E-state index contributed by atoms with van der Waals surface area (Å²) in [4.78, 5) is 7.16. The molecule has 0 saturated carbocycles. The molecule has 2 atom stereocenters. The average Bonchev–Trinajstić information content (AvgIpc) is 3.07. The Morgan fingerprint density at radius 3 is 2.74 bits per heavy atom. The SMILES string of the molecule is CCNC(=NCC(C)CO)NC1CCN(CC2CCOC2)CC1. The third-order valence-corrected chi connectivity index (χ3v) is 4.69. The summed E-state index contributed by atoms with van der Waals surface area (Å²) in [6.07, 6.45) is 3.54. The normalized spacial score (nSPS) is 25.5. The van der Waals surface area contributed by atoms with Gasteiger partial charge in [0.1, 0.15) is 0 Å². The van der Waals surface area contributed by atoms with Crippen LogP contribution in [0.15, 0.2) is 4.99 Å². The van der Waals surface area contributed by atoms with E-state index >= 15 is 0 Å². The highest BCUT2D eigenvalue weighted by Gasteiger charge is 2.24. The molecule has 23 heavy (non-hydrogen) atoms. The Balaban J connectivity index is 1.71. The molecule has 2 aliphatic heterocycles. The number of piperidine rings is 1. The summed E-state index contributed by atoms with van der Waals surface area (Å²) in [6.45, 7) is 11.2. The first-order chi connectivity index (χ1) is 11.2. The Morgan fingerprint density at radius 2 is 2.13 bits per heavy atom. The van der Waals surface area contributed by atoms with Gasteiger partial charge in [0, 0.05) is 52.0 Å². The van der Waals surface area contributed by atoms with Crippen molar-refractivity contribution in [2.75, 3.05) is 52.5 Å². The minimum atomic E-state index is 0.187. The molecule has 134 valence electrons. The highest BCUT2D eigenvalue weighted by Crippen LogP contribution is 2.17. The summed E-state index contributed by atoms with van der Waals surface area (Å²) >= 11 is 0. The van der Waals surface area contributed by atoms with E-state index in [0.717, 1.165) is 57.6 Å². The van der Waals surface area contributed by atoms with Crippen molar-refractivity contribution in [2.45, 2.75) is 39.2 Å². The molecular weight excluding hydrogens is 292 g/mol. The third kappa shape index (κ3) is 6.65. The standard InChI is InChI=1S/C17H34N4O2/c1-3-18-17(19-10-14(2)12-22)20-16-4-7-21(8-5-16)11-15-6-9-23-13-15/h14-16,22H,3-13H2,1-2H3,(H2,18,19,20). The number of nitrogens with zero attached hydrogens (tertiary/aromatic N) is 2. The molecule has 0 aromatic rings. The van der Waals surface area contributed by atoms with Gasteiger partial charge in [0.15, 0.2) is 5.96 Å². The van der Waals surface area contributed by atoms with Crippen molar-refractivity contribution in [1.82, 2.24) is 15.5 Å². The molecule has 2 aliphatic rings. The second kappa shape index (κ2) is 10.1. The van der Waals surface area contributed by atoms with E-state index in [1.54, 1.807) is 0 Å². The van der Waals surface area contributed by atoms with E-state index in [1.165, 1.54) is 13.0 Å². The number of aliphatic hydroxyl groups is 1. The summed E-state index contributed by atoms with van der Waals surface area (Å²) in [7, 11) is 0. The van der Waals surface area contributed by atoms with Gasteiger partial charge < -0.3 is 25.4 Å². The number of nitrogens with one attached hydrogen (secondary N) is 2. The fourth-order valence-electron chi connectivity index (χ4n) is 3.17. The number of hydrogen-bond donors (Lipinski definition) is 3. The Labute approximate surface area is 140 Å².